The zero-order valence-corrected chi connectivity index (χ0v) is 16.6. The van der Waals surface area contributed by atoms with E-state index in [-0.39, 0.29) is 23.3 Å². The van der Waals surface area contributed by atoms with Crippen molar-refractivity contribution in [1.82, 2.24) is 14.5 Å². The number of likely N-dealkylation sites (N-methyl/N-ethyl adjacent to an activating group) is 1. The van der Waals surface area contributed by atoms with E-state index in [1.165, 1.54) is 12.1 Å². The summed E-state index contributed by atoms with van der Waals surface area (Å²) < 4.78 is 32.4. The summed E-state index contributed by atoms with van der Waals surface area (Å²) in [5.41, 5.74) is 0. The third-order valence-corrected chi connectivity index (χ3v) is 5.79. The van der Waals surface area contributed by atoms with E-state index in [4.69, 9.17) is 4.74 Å². The molecule has 1 heterocycles. The number of amides is 1. The predicted molar refractivity (Wildman–Crippen MR) is 101 cm³/mol. The SMILES string of the molecule is CCN1CCN(C(=O)COc2ccc(S(=O)(=O)NCC(C)C)cc2)CC1. The van der Waals surface area contributed by atoms with Gasteiger partial charge in [0.15, 0.2) is 6.61 Å². The van der Waals surface area contributed by atoms with E-state index in [2.05, 4.69) is 16.5 Å². The minimum Gasteiger partial charge on any atom is -0.484 e. The lowest BCUT2D eigenvalue weighted by atomic mass is 10.2. The molecule has 1 aliphatic heterocycles. The molecule has 1 aromatic rings. The van der Waals surface area contributed by atoms with Crippen LogP contribution in [0, 0.1) is 5.92 Å². The molecule has 0 radical (unpaired) electrons. The van der Waals surface area contributed by atoms with Crippen molar-refractivity contribution in [3.05, 3.63) is 24.3 Å². The predicted octanol–water partition coefficient (Wildman–Crippen LogP) is 1.16. The van der Waals surface area contributed by atoms with E-state index in [0.717, 1.165) is 19.6 Å². The number of hydrogen-bond acceptors (Lipinski definition) is 5. The van der Waals surface area contributed by atoms with Crippen molar-refractivity contribution in [2.45, 2.75) is 25.7 Å². The lowest BCUT2D eigenvalue weighted by molar-refractivity contribution is -0.135. The van der Waals surface area contributed by atoms with Crippen LogP contribution >= 0.6 is 0 Å². The van der Waals surface area contributed by atoms with Crippen molar-refractivity contribution in [2.75, 3.05) is 45.9 Å². The smallest absolute Gasteiger partial charge is 0.260 e. The van der Waals surface area contributed by atoms with Gasteiger partial charge in [-0.2, -0.15) is 0 Å². The number of carbonyl (C=O) groups is 1. The quantitative estimate of drug-likeness (QED) is 0.729. The first-order valence-corrected chi connectivity index (χ1v) is 10.5. The molecule has 1 amide bonds. The molecule has 1 fully saturated rings. The lowest BCUT2D eigenvalue weighted by Gasteiger charge is -2.33. The third-order valence-electron chi connectivity index (χ3n) is 4.35. The molecule has 8 heteroatoms. The molecule has 1 saturated heterocycles. The Morgan fingerprint density at radius 3 is 2.31 bits per heavy atom. The Bertz CT molecular complexity index is 681. The summed E-state index contributed by atoms with van der Waals surface area (Å²) in [7, 11) is -3.51. The van der Waals surface area contributed by atoms with E-state index in [0.29, 0.717) is 25.4 Å². The number of sulfonamides is 1. The highest BCUT2D eigenvalue weighted by Crippen LogP contribution is 2.16. The number of carbonyl (C=O) groups excluding carboxylic acids is 1. The molecule has 1 aliphatic rings. The molecule has 2 rings (SSSR count). The molecule has 0 spiro atoms. The normalized spacial score (nSPS) is 16.1. The van der Waals surface area contributed by atoms with Gasteiger partial charge in [0.25, 0.3) is 5.91 Å². The maximum Gasteiger partial charge on any atom is 0.260 e. The van der Waals surface area contributed by atoms with Crippen molar-refractivity contribution in [2.24, 2.45) is 5.92 Å². The Hall–Kier alpha value is -1.64. The first-order valence-electron chi connectivity index (χ1n) is 9.04. The van der Waals surface area contributed by atoms with Crippen LogP contribution in [0.2, 0.25) is 0 Å². The molecular weight excluding hydrogens is 354 g/mol. The number of hydrogen-bond donors (Lipinski definition) is 1. The first-order chi connectivity index (χ1) is 12.3. The van der Waals surface area contributed by atoms with Crippen LogP contribution in [-0.4, -0.2) is 70.0 Å². The summed E-state index contributed by atoms with van der Waals surface area (Å²) in [6, 6.07) is 6.13. The van der Waals surface area contributed by atoms with Crippen LogP contribution in [0.1, 0.15) is 20.8 Å². The van der Waals surface area contributed by atoms with Gasteiger partial charge in [0.05, 0.1) is 4.90 Å². The van der Waals surface area contributed by atoms with E-state index in [1.54, 1.807) is 17.0 Å². The topological polar surface area (TPSA) is 79.0 Å². The molecule has 0 aliphatic carbocycles. The average molecular weight is 384 g/mol. The van der Waals surface area contributed by atoms with Gasteiger partial charge in [0.2, 0.25) is 10.0 Å². The van der Waals surface area contributed by atoms with Crippen LogP contribution in [0.25, 0.3) is 0 Å². The lowest BCUT2D eigenvalue weighted by Crippen LogP contribution is -2.49. The maximum absolute atomic E-state index is 12.2. The van der Waals surface area contributed by atoms with E-state index in [1.807, 2.05) is 13.8 Å². The monoisotopic (exact) mass is 383 g/mol. The number of nitrogens with zero attached hydrogens (tertiary/aromatic N) is 2. The molecule has 1 N–H and O–H groups in total. The van der Waals surface area contributed by atoms with E-state index < -0.39 is 10.0 Å². The van der Waals surface area contributed by atoms with Gasteiger partial charge < -0.3 is 14.5 Å². The van der Waals surface area contributed by atoms with Gasteiger partial charge in [0.1, 0.15) is 5.75 Å². The molecule has 1 aromatic carbocycles. The number of benzene rings is 1. The Balaban J connectivity index is 1.84. The number of ether oxygens (including phenoxy) is 1. The summed E-state index contributed by atoms with van der Waals surface area (Å²) in [5.74, 6) is 0.669. The summed E-state index contributed by atoms with van der Waals surface area (Å²) in [6.45, 7) is 10.6. The second-order valence-electron chi connectivity index (χ2n) is 6.82. The largest absolute Gasteiger partial charge is 0.484 e. The fourth-order valence-electron chi connectivity index (χ4n) is 2.62. The van der Waals surface area contributed by atoms with Crippen LogP contribution in [0.15, 0.2) is 29.2 Å². The number of nitrogens with one attached hydrogen (secondary N) is 1. The molecular formula is C18H29N3O4S. The van der Waals surface area contributed by atoms with E-state index >= 15 is 0 Å². The van der Waals surface area contributed by atoms with Crippen molar-refractivity contribution in [1.29, 1.82) is 0 Å². The molecule has 26 heavy (non-hydrogen) atoms. The summed E-state index contributed by atoms with van der Waals surface area (Å²) in [6.07, 6.45) is 0. The minimum absolute atomic E-state index is 0.0379. The molecule has 0 atom stereocenters. The fourth-order valence-corrected chi connectivity index (χ4v) is 3.84. The second-order valence-corrected chi connectivity index (χ2v) is 8.59. The summed E-state index contributed by atoms with van der Waals surface area (Å²) in [4.78, 5) is 16.5. The van der Waals surface area contributed by atoms with Crippen LogP contribution in [0.5, 0.6) is 5.75 Å². The Morgan fingerprint density at radius 2 is 1.77 bits per heavy atom. The van der Waals surface area contributed by atoms with Crippen molar-refractivity contribution in [3.8, 4) is 5.75 Å². The van der Waals surface area contributed by atoms with Gasteiger partial charge in [0, 0.05) is 32.7 Å². The van der Waals surface area contributed by atoms with E-state index in [9.17, 15) is 13.2 Å². The van der Waals surface area contributed by atoms with Gasteiger partial charge in [-0.05, 0) is 36.7 Å². The molecule has 0 unspecified atom stereocenters. The molecule has 7 nitrogen and oxygen atoms in total. The highest BCUT2D eigenvalue weighted by atomic mass is 32.2. The maximum atomic E-state index is 12.2. The van der Waals surface area contributed by atoms with Crippen molar-refractivity contribution >= 4 is 15.9 Å². The summed E-state index contributed by atoms with van der Waals surface area (Å²) >= 11 is 0. The van der Waals surface area contributed by atoms with Crippen molar-refractivity contribution in [3.63, 3.8) is 0 Å². The highest BCUT2D eigenvalue weighted by molar-refractivity contribution is 7.89. The zero-order chi connectivity index (χ0) is 19.2. The Kier molecular flexibility index (Phi) is 7.43. The minimum atomic E-state index is -3.51. The second kappa shape index (κ2) is 9.34. The first kappa shape index (κ1) is 20.7. The fraction of sp³-hybridized carbons (Fsp3) is 0.611. The summed E-state index contributed by atoms with van der Waals surface area (Å²) in [5, 5.41) is 0. The van der Waals surface area contributed by atoms with Crippen LogP contribution in [-0.2, 0) is 14.8 Å². The molecule has 0 saturated carbocycles. The van der Waals surface area contributed by atoms with Crippen LogP contribution in [0.4, 0.5) is 0 Å². The highest BCUT2D eigenvalue weighted by Gasteiger charge is 2.20. The van der Waals surface area contributed by atoms with Gasteiger partial charge in [-0.25, -0.2) is 13.1 Å². The van der Waals surface area contributed by atoms with Gasteiger partial charge in [-0.1, -0.05) is 20.8 Å². The van der Waals surface area contributed by atoms with Crippen LogP contribution in [0.3, 0.4) is 0 Å². The Labute approximate surface area is 156 Å². The zero-order valence-electron chi connectivity index (χ0n) is 15.8. The number of rotatable bonds is 8. The van der Waals surface area contributed by atoms with Crippen LogP contribution < -0.4 is 9.46 Å². The molecule has 0 bridgehead atoms. The molecule has 146 valence electrons. The van der Waals surface area contributed by atoms with Gasteiger partial charge in [-0.15, -0.1) is 0 Å². The molecule has 0 aromatic heterocycles. The Morgan fingerprint density at radius 1 is 1.15 bits per heavy atom. The number of piperazine rings is 1. The average Bonchev–Trinajstić information content (AvgIpc) is 2.65. The third kappa shape index (κ3) is 5.96. The standard InChI is InChI=1S/C18H29N3O4S/c1-4-20-9-11-21(12-10-20)18(22)14-25-16-5-7-17(8-6-16)26(23,24)19-13-15(2)3/h5-8,15,19H,4,9-14H2,1-3H3. The van der Waals surface area contributed by atoms with Gasteiger partial charge in [-0.3, -0.25) is 4.79 Å². The van der Waals surface area contributed by atoms with Gasteiger partial charge >= 0.3 is 0 Å². The van der Waals surface area contributed by atoms with Crippen molar-refractivity contribution < 1.29 is 17.9 Å².